The number of sulfonamides is 1. The molecule has 0 radical (unpaired) electrons. The van der Waals surface area contributed by atoms with Crippen molar-refractivity contribution in [1.29, 1.82) is 0 Å². The minimum absolute atomic E-state index is 0.0142. The van der Waals surface area contributed by atoms with Gasteiger partial charge in [-0.25, -0.2) is 8.42 Å². The molecule has 124 valence electrons. The van der Waals surface area contributed by atoms with Crippen molar-refractivity contribution in [3.63, 3.8) is 0 Å². The van der Waals surface area contributed by atoms with Gasteiger partial charge in [0, 0.05) is 6.07 Å². The zero-order valence-electron chi connectivity index (χ0n) is 12.3. The van der Waals surface area contributed by atoms with E-state index in [0.717, 1.165) is 5.69 Å². The molecule has 0 fully saturated rings. The van der Waals surface area contributed by atoms with Gasteiger partial charge in [0.2, 0.25) is 0 Å². The fourth-order valence-corrected chi connectivity index (χ4v) is 3.34. The fourth-order valence-electron chi connectivity index (χ4n) is 1.91. The summed E-state index contributed by atoms with van der Waals surface area (Å²) in [6, 6.07) is 9.01. The quantitative estimate of drug-likeness (QED) is 0.747. The number of hydrogen-bond donors (Lipinski definition) is 1. The van der Waals surface area contributed by atoms with E-state index in [1.54, 1.807) is 19.1 Å². The van der Waals surface area contributed by atoms with Crippen LogP contribution in [-0.2, 0) is 10.0 Å². The second kappa shape index (κ2) is 6.39. The van der Waals surface area contributed by atoms with Crippen molar-refractivity contribution < 1.29 is 8.42 Å². The number of nitrogens with one attached hydrogen (secondary N) is 1. The summed E-state index contributed by atoms with van der Waals surface area (Å²) < 4.78 is 28.8. The van der Waals surface area contributed by atoms with Crippen LogP contribution in [0.4, 0.5) is 5.82 Å². The van der Waals surface area contributed by atoms with E-state index in [0.29, 0.717) is 5.82 Å². The number of benzene rings is 1. The molecule has 0 saturated heterocycles. The first-order valence-electron chi connectivity index (χ1n) is 6.69. The third-order valence-electron chi connectivity index (χ3n) is 3.08. The number of anilines is 1. The molecule has 0 aliphatic carbocycles. The zero-order valence-corrected chi connectivity index (χ0v) is 14.6. The predicted molar refractivity (Wildman–Crippen MR) is 91.2 cm³/mol. The number of rotatable bonds is 4. The van der Waals surface area contributed by atoms with Crippen LogP contribution in [0.5, 0.6) is 0 Å². The van der Waals surface area contributed by atoms with Crippen molar-refractivity contribution in [3.05, 3.63) is 58.3 Å². The molecule has 0 spiro atoms. The molecule has 1 aromatic carbocycles. The first-order chi connectivity index (χ1) is 11.4. The van der Waals surface area contributed by atoms with Gasteiger partial charge in [-0.15, -0.1) is 5.10 Å². The summed E-state index contributed by atoms with van der Waals surface area (Å²) in [6.07, 6.45) is 1.45. The molecule has 0 unspecified atom stereocenters. The molecule has 2 heterocycles. The van der Waals surface area contributed by atoms with E-state index in [2.05, 4.69) is 20.0 Å². The molecule has 0 amide bonds. The van der Waals surface area contributed by atoms with Gasteiger partial charge in [0.05, 0.1) is 26.8 Å². The van der Waals surface area contributed by atoms with Crippen LogP contribution >= 0.6 is 23.2 Å². The van der Waals surface area contributed by atoms with Gasteiger partial charge in [0.1, 0.15) is 5.82 Å². The van der Waals surface area contributed by atoms with Crippen molar-refractivity contribution in [1.82, 2.24) is 20.0 Å². The van der Waals surface area contributed by atoms with Crippen LogP contribution < -0.4 is 4.72 Å². The number of halogens is 2. The highest BCUT2D eigenvalue weighted by molar-refractivity contribution is 7.92. The Hall–Kier alpha value is -2.16. The van der Waals surface area contributed by atoms with Crippen molar-refractivity contribution in [2.24, 2.45) is 0 Å². The molecule has 2 aromatic heterocycles. The summed E-state index contributed by atoms with van der Waals surface area (Å²) in [5.41, 5.74) is 0.740. The number of hydrogen-bond acceptors (Lipinski definition) is 5. The van der Waals surface area contributed by atoms with Gasteiger partial charge < -0.3 is 0 Å². The Morgan fingerprint density at radius 3 is 2.50 bits per heavy atom. The molecule has 3 aromatic rings. The Kier molecular flexibility index (Phi) is 4.44. The van der Waals surface area contributed by atoms with E-state index < -0.39 is 10.0 Å². The van der Waals surface area contributed by atoms with E-state index >= 15 is 0 Å². The molecule has 0 aliphatic rings. The van der Waals surface area contributed by atoms with Gasteiger partial charge >= 0.3 is 0 Å². The Bertz CT molecular complexity index is 987. The highest BCUT2D eigenvalue weighted by Crippen LogP contribution is 2.26. The minimum Gasteiger partial charge on any atom is -0.263 e. The first kappa shape index (κ1) is 16.7. The van der Waals surface area contributed by atoms with E-state index in [1.807, 2.05) is 0 Å². The number of aryl methyl sites for hydroxylation is 1. The molecule has 24 heavy (non-hydrogen) atoms. The first-order valence-corrected chi connectivity index (χ1v) is 8.93. The lowest BCUT2D eigenvalue weighted by Gasteiger charge is -2.10. The maximum Gasteiger partial charge on any atom is 0.263 e. The fraction of sp³-hybridized carbons (Fsp3) is 0.0714. The van der Waals surface area contributed by atoms with E-state index in [4.69, 9.17) is 23.2 Å². The maximum atomic E-state index is 12.5. The minimum atomic E-state index is -3.86. The van der Waals surface area contributed by atoms with Gasteiger partial charge in [-0.05, 0) is 37.3 Å². The van der Waals surface area contributed by atoms with Crippen LogP contribution in [0.2, 0.25) is 10.0 Å². The third kappa shape index (κ3) is 3.35. The van der Waals surface area contributed by atoms with Crippen LogP contribution in [0.25, 0.3) is 5.82 Å². The van der Waals surface area contributed by atoms with Crippen molar-refractivity contribution in [2.45, 2.75) is 11.8 Å². The average molecular weight is 384 g/mol. The largest absolute Gasteiger partial charge is 0.263 e. The van der Waals surface area contributed by atoms with Gasteiger partial charge in [-0.1, -0.05) is 23.2 Å². The highest BCUT2D eigenvalue weighted by Gasteiger charge is 2.18. The van der Waals surface area contributed by atoms with Gasteiger partial charge in [0.25, 0.3) is 10.0 Å². The van der Waals surface area contributed by atoms with E-state index in [-0.39, 0.29) is 20.8 Å². The van der Waals surface area contributed by atoms with E-state index in [1.165, 1.54) is 35.1 Å². The molecule has 3 rings (SSSR count). The SMILES string of the molecule is Cc1ccc(-n2nccc2NS(=O)(=O)c2ccc(Cl)c(Cl)c2)nn1. The topological polar surface area (TPSA) is 89.8 Å². The second-order valence-corrected chi connectivity index (χ2v) is 7.34. The molecular weight excluding hydrogens is 373 g/mol. The molecule has 0 aliphatic heterocycles. The third-order valence-corrected chi connectivity index (χ3v) is 5.18. The van der Waals surface area contributed by atoms with E-state index in [9.17, 15) is 8.42 Å². The number of aromatic nitrogens is 4. The van der Waals surface area contributed by atoms with Crippen molar-refractivity contribution >= 4 is 39.0 Å². The summed E-state index contributed by atoms with van der Waals surface area (Å²) in [5, 5.41) is 12.4. The van der Waals surface area contributed by atoms with Gasteiger partial charge in [-0.2, -0.15) is 14.9 Å². The maximum absolute atomic E-state index is 12.5. The Balaban J connectivity index is 1.95. The molecule has 0 bridgehead atoms. The normalized spacial score (nSPS) is 11.5. The molecule has 1 N–H and O–H groups in total. The van der Waals surface area contributed by atoms with Gasteiger partial charge in [-0.3, -0.25) is 4.72 Å². The zero-order chi connectivity index (χ0) is 17.3. The molecule has 0 atom stereocenters. The summed E-state index contributed by atoms with van der Waals surface area (Å²) in [7, 11) is -3.86. The molecule has 0 saturated carbocycles. The predicted octanol–water partition coefficient (Wildman–Crippen LogP) is 3.08. The summed E-state index contributed by atoms with van der Waals surface area (Å²) >= 11 is 11.7. The second-order valence-electron chi connectivity index (χ2n) is 4.84. The average Bonchev–Trinajstić information content (AvgIpc) is 2.98. The smallest absolute Gasteiger partial charge is 0.263 e. The molecule has 10 heteroatoms. The Labute approximate surface area is 148 Å². The summed E-state index contributed by atoms with van der Waals surface area (Å²) in [4.78, 5) is -0.0142. The van der Waals surface area contributed by atoms with Crippen LogP contribution in [0, 0.1) is 6.92 Å². The number of nitrogens with zero attached hydrogens (tertiary/aromatic N) is 4. The van der Waals surface area contributed by atoms with Crippen LogP contribution in [0.3, 0.4) is 0 Å². The van der Waals surface area contributed by atoms with Crippen molar-refractivity contribution in [2.75, 3.05) is 4.72 Å². The lowest BCUT2D eigenvalue weighted by Crippen LogP contribution is -2.16. The standard InChI is InChI=1S/C14H11Cl2N5O2S/c1-9-2-5-13(19-18-9)21-14(6-7-17-21)20-24(22,23)10-3-4-11(15)12(16)8-10/h2-8,20H,1H3. The lowest BCUT2D eigenvalue weighted by molar-refractivity contribution is 0.600. The Morgan fingerprint density at radius 2 is 1.83 bits per heavy atom. The highest BCUT2D eigenvalue weighted by atomic mass is 35.5. The van der Waals surface area contributed by atoms with Crippen LogP contribution in [-0.4, -0.2) is 28.4 Å². The van der Waals surface area contributed by atoms with Crippen LogP contribution in [0.15, 0.2) is 47.5 Å². The monoisotopic (exact) mass is 383 g/mol. The summed E-state index contributed by atoms with van der Waals surface area (Å²) in [5.74, 6) is 0.608. The van der Waals surface area contributed by atoms with Crippen LogP contribution in [0.1, 0.15) is 5.69 Å². The molecule has 7 nitrogen and oxygen atoms in total. The Morgan fingerprint density at radius 1 is 1.04 bits per heavy atom. The lowest BCUT2D eigenvalue weighted by atomic mass is 10.4. The van der Waals surface area contributed by atoms with Gasteiger partial charge in [0.15, 0.2) is 5.82 Å². The summed E-state index contributed by atoms with van der Waals surface area (Å²) in [6.45, 7) is 1.80. The molecular formula is C14H11Cl2N5O2S. The van der Waals surface area contributed by atoms with Crippen molar-refractivity contribution in [3.8, 4) is 5.82 Å².